The molecule has 4 aliphatic heterocycles. The first-order valence-corrected chi connectivity index (χ1v) is 19.0. The fraction of sp³-hybridized carbons (Fsp3) is 0.725. The van der Waals surface area contributed by atoms with Crippen LogP contribution in [0.2, 0.25) is 0 Å². The number of benzene rings is 1. The number of rotatable bonds is 7. The van der Waals surface area contributed by atoms with Crippen molar-refractivity contribution in [3.8, 4) is 0 Å². The van der Waals surface area contributed by atoms with Crippen molar-refractivity contribution in [2.75, 3.05) is 34.3 Å². The topological polar surface area (TPSA) is 142 Å². The van der Waals surface area contributed by atoms with Crippen molar-refractivity contribution in [1.29, 1.82) is 0 Å². The van der Waals surface area contributed by atoms with E-state index in [2.05, 4.69) is 6.92 Å². The van der Waals surface area contributed by atoms with Crippen molar-refractivity contribution in [1.82, 2.24) is 9.80 Å². The van der Waals surface area contributed by atoms with Gasteiger partial charge in [-0.15, -0.1) is 0 Å². The highest BCUT2D eigenvalue weighted by molar-refractivity contribution is 6.00. The summed E-state index contributed by atoms with van der Waals surface area (Å²) in [6.07, 6.45) is -3.17. The highest BCUT2D eigenvalue weighted by Crippen LogP contribution is 2.44. The highest BCUT2D eigenvalue weighted by atomic mass is 16.7. The molecule has 13 atom stereocenters. The van der Waals surface area contributed by atoms with Gasteiger partial charge in [-0.25, -0.2) is 9.59 Å². The van der Waals surface area contributed by atoms with Crippen LogP contribution in [0.5, 0.6) is 0 Å². The molecule has 1 aromatic carbocycles. The second-order valence-electron chi connectivity index (χ2n) is 16.0. The Morgan fingerprint density at radius 1 is 1.04 bits per heavy atom. The zero-order chi connectivity index (χ0) is 39.0. The first-order valence-electron chi connectivity index (χ1n) is 19.0. The average Bonchev–Trinajstić information content (AvgIpc) is 3.25. The van der Waals surface area contributed by atoms with Crippen LogP contribution >= 0.6 is 0 Å². The summed E-state index contributed by atoms with van der Waals surface area (Å²) >= 11 is 0. The van der Waals surface area contributed by atoms with E-state index in [4.69, 9.17) is 33.4 Å². The van der Waals surface area contributed by atoms with Gasteiger partial charge in [0.25, 0.3) is 0 Å². The number of methoxy groups -OCH3 is 1. The SMILES string of the molecule is CC[C@H]1OC(=O)[C@H](C)C(=O)[C@H](C)[C@@H](O[C@@H]2O[C@H](C)C[C@H](N(C)C)[C@H]2OC(=O)c2ccccc2)[C@@](C)(OC)C[C@@H](C)C2=NCCN3C(=O)O[C@@]1(C)[C@H]3[C@H]2C. The number of aliphatic imine (C=N–C) groups is 1. The number of amides is 1. The predicted molar refractivity (Wildman–Crippen MR) is 196 cm³/mol. The number of esters is 2. The van der Waals surface area contributed by atoms with E-state index in [1.807, 2.05) is 59.7 Å². The largest absolute Gasteiger partial charge is 0.458 e. The fourth-order valence-electron chi connectivity index (χ4n) is 9.18. The highest BCUT2D eigenvalue weighted by Gasteiger charge is 2.60. The maximum atomic E-state index is 14.4. The summed E-state index contributed by atoms with van der Waals surface area (Å²) < 4.78 is 38.1. The number of ether oxygens (including phenoxy) is 6. The molecule has 3 fully saturated rings. The third kappa shape index (κ3) is 7.90. The molecule has 1 aromatic rings. The van der Waals surface area contributed by atoms with Gasteiger partial charge >= 0.3 is 18.0 Å². The Kier molecular flexibility index (Phi) is 12.4. The summed E-state index contributed by atoms with van der Waals surface area (Å²) in [5.41, 5.74) is -1.05. The van der Waals surface area contributed by atoms with Crippen LogP contribution in [-0.4, -0.2) is 128 Å². The third-order valence-electron chi connectivity index (χ3n) is 12.1. The number of Topliss-reactive ketones (excluding diaryl/α,β-unsaturated/α-hetero) is 1. The molecule has 0 aliphatic carbocycles. The van der Waals surface area contributed by atoms with E-state index in [0.717, 1.165) is 5.71 Å². The quantitative estimate of drug-likeness (QED) is 0.213. The average molecular weight is 742 g/mol. The zero-order valence-electron chi connectivity index (χ0n) is 33.2. The summed E-state index contributed by atoms with van der Waals surface area (Å²) in [6, 6.07) is 8.00. The second-order valence-corrected chi connectivity index (χ2v) is 16.0. The number of ketones is 1. The van der Waals surface area contributed by atoms with Gasteiger partial charge in [0.1, 0.15) is 12.0 Å². The minimum absolute atomic E-state index is 0.196. The minimum Gasteiger partial charge on any atom is -0.458 e. The molecule has 13 heteroatoms. The number of fused-ring (bicyclic) bond motifs is 1. The van der Waals surface area contributed by atoms with Gasteiger partial charge in [0.15, 0.2) is 23.8 Å². The Labute approximate surface area is 314 Å². The van der Waals surface area contributed by atoms with Gasteiger partial charge in [0.2, 0.25) is 0 Å². The number of cyclic esters (lactones) is 1. The van der Waals surface area contributed by atoms with Crippen molar-refractivity contribution in [3.63, 3.8) is 0 Å². The number of nitrogens with zero attached hydrogens (tertiary/aromatic N) is 3. The maximum Gasteiger partial charge on any atom is 0.410 e. The number of likely N-dealkylation sites (N-methyl/N-ethyl adjacent to an activating group) is 1. The molecule has 294 valence electrons. The molecule has 2 bridgehead atoms. The van der Waals surface area contributed by atoms with Crippen molar-refractivity contribution in [2.45, 2.75) is 129 Å². The Bertz CT molecular complexity index is 1540. The predicted octanol–water partition coefficient (Wildman–Crippen LogP) is 4.94. The molecule has 53 heavy (non-hydrogen) atoms. The molecule has 0 spiro atoms. The van der Waals surface area contributed by atoms with E-state index in [-0.39, 0.29) is 24.0 Å². The first kappa shape index (κ1) is 40.8. The lowest BCUT2D eigenvalue weighted by Gasteiger charge is -2.48. The van der Waals surface area contributed by atoms with Crippen LogP contribution < -0.4 is 0 Å². The molecular weight excluding hydrogens is 682 g/mol. The molecule has 5 rings (SSSR count). The summed E-state index contributed by atoms with van der Waals surface area (Å²) in [5.74, 6) is -4.19. The molecule has 3 saturated heterocycles. The molecule has 0 aromatic heterocycles. The normalized spacial score (nSPS) is 39.8. The molecule has 0 unspecified atom stereocenters. The van der Waals surface area contributed by atoms with Gasteiger partial charge in [0.05, 0.1) is 42.0 Å². The van der Waals surface area contributed by atoms with Crippen LogP contribution in [0.3, 0.4) is 0 Å². The number of carbonyl (C=O) groups excluding carboxylic acids is 4. The lowest BCUT2D eigenvalue weighted by Crippen LogP contribution is -2.60. The number of hydrogen-bond acceptors (Lipinski definition) is 12. The maximum absolute atomic E-state index is 14.4. The molecular formula is C40H59N3O10. The smallest absolute Gasteiger partial charge is 0.410 e. The van der Waals surface area contributed by atoms with Gasteiger partial charge in [-0.1, -0.05) is 45.9 Å². The summed E-state index contributed by atoms with van der Waals surface area (Å²) in [4.78, 5) is 63.9. The van der Waals surface area contributed by atoms with E-state index in [1.165, 1.54) is 6.92 Å². The zero-order valence-corrected chi connectivity index (χ0v) is 33.2. The van der Waals surface area contributed by atoms with E-state index in [1.54, 1.807) is 43.2 Å². The van der Waals surface area contributed by atoms with E-state index < -0.39 is 77.5 Å². The molecule has 1 amide bonds. The van der Waals surface area contributed by atoms with Crippen LogP contribution in [0.25, 0.3) is 0 Å². The number of hydrogen-bond donors (Lipinski definition) is 0. The van der Waals surface area contributed by atoms with Crippen LogP contribution in [0, 0.1) is 23.7 Å². The first-order chi connectivity index (χ1) is 25.0. The Balaban J connectivity index is 1.58. The third-order valence-corrected chi connectivity index (χ3v) is 12.1. The van der Waals surface area contributed by atoms with Crippen molar-refractivity contribution < 1.29 is 47.6 Å². The monoisotopic (exact) mass is 741 g/mol. The lowest BCUT2D eigenvalue weighted by atomic mass is 9.73. The Morgan fingerprint density at radius 3 is 2.34 bits per heavy atom. The van der Waals surface area contributed by atoms with E-state index >= 15 is 0 Å². The summed E-state index contributed by atoms with van der Waals surface area (Å²) in [5, 5.41) is 0. The van der Waals surface area contributed by atoms with Crippen molar-refractivity contribution in [2.24, 2.45) is 28.7 Å². The van der Waals surface area contributed by atoms with Gasteiger partial charge in [-0.3, -0.25) is 19.5 Å². The van der Waals surface area contributed by atoms with Gasteiger partial charge in [-0.2, -0.15) is 0 Å². The molecule has 0 saturated carbocycles. The molecule has 13 nitrogen and oxygen atoms in total. The number of carbonyl (C=O) groups is 4. The van der Waals surface area contributed by atoms with Crippen molar-refractivity contribution in [3.05, 3.63) is 35.9 Å². The van der Waals surface area contributed by atoms with Crippen LogP contribution in [-0.2, 0) is 38.0 Å². The molecule has 4 heterocycles. The van der Waals surface area contributed by atoms with Crippen LogP contribution in [0.15, 0.2) is 35.3 Å². The van der Waals surface area contributed by atoms with Gasteiger partial charge in [0, 0.05) is 31.2 Å². The Morgan fingerprint density at radius 2 is 1.72 bits per heavy atom. The molecule has 0 radical (unpaired) electrons. The summed E-state index contributed by atoms with van der Waals surface area (Å²) in [6.45, 7) is 15.6. The van der Waals surface area contributed by atoms with Gasteiger partial charge < -0.3 is 33.3 Å². The van der Waals surface area contributed by atoms with Crippen LogP contribution in [0.1, 0.15) is 85.0 Å². The minimum atomic E-state index is -1.18. The van der Waals surface area contributed by atoms with E-state index in [9.17, 15) is 19.2 Å². The lowest BCUT2D eigenvalue weighted by molar-refractivity contribution is -0.294. The molecule has 4 aliphatic rings. The fourth-order valence-corrected chi connectivity index (χ4v) is 9.18. The standard InChI is InChI=1S/C40H59N3O10/c1-12-29-40(8)33-24(4)30(41-18-19-43(33)38(47)53-40)22(2)21-39(7,48-11)34(25(5)31(44)26(6)35(45)50-29)52-37-32(28(42(9)10)20-23(3)49-37)51-36(46)27-16-14-13-15-17-27/h13-17,22-26,28-29,32-34,37H,12,18-21H2,1-11H3/t22-,23-,24+,25+,26-,28+,29-,32-,33-,34-,37+,39+,40-/m1/s1. The second kappa shape index (κ2) is 16.1. The van der Waals surface area contributed by atoms with E-state index in [0.29, 0.717) is 37.9 Å². The van der Waals surface area contributed by atoms with Crippen LogP contribution in [0.4, 0.5) is 4.79 Å². The van der Waals surface area contributed by atoms with Crippen molar-refractivity contribution >= 4 is 29.5 Å². The summed E-state index contributed by atoms with van der Waals surface area (Å²) in [7, 11) is 5.41. The molecule has 0 N–H and O–H groups in total. The Hall–Kier alpha value is -3.39. The van der Waals surface area contributed by atoms with Gasteiger partial charge in [-0.05, 0) is 79.1 Å².